The fourth-order valence-corrected chi connectivity index (χ4v) is 4.72. The molecule has 1 aromatic heterocycles. The summed E-state index contributed by atoms with van der Waals surface area (Å²) >= 11 is 6.27. The number of nitrogens with zero attached hydrogens (tertiary/aromatic N) is 1. The Bertz CT molecular complexity index is 1220. The lowest BCUT2D eigenvalue weighted by Gasteiger charge is -2.23. The monoisotopic (exact) mass is 510 g/mol. The van der Waals surface area contributed by atoms with Gasteiger partial charge in [0.2, 0.25) is 5.88 Å². The number of aromatic nitrogens is 1. The van der Waals surface area contributed by atoms with Gasteiger partial charge in [0.05, 0.1) is 23.0 Å². The second-order valence-corrected chi connectivity index (χ2v) is 9.33. The van der Waals surface area contributed by atoms with Crippen LogP contribution in [-0.4, -0.2) is 39.4 Å². The van der Waals surface area contributed by atoms with Gasteiger partial charge in [-0.15, -0.1) is 0 Å². The summed E-state index contributed by atoms with van der Waals surface area (Å²) < 4.78 is 50.6. The number of hydrogen-bond donors (Lipinski definition) is 2. The predicted molar refractivity (Wildman–Crippen MR) is 125 cm³/mol. The number of halogens is 3. The highest BCUT2D eigenvalue weighted by atomic mass is 32.1. The first kappa shape index (κ1) is 24.1. The lowest BCUT2D eigenvalue weighted by Crippen LogP contribution is -2.37. The summed E-state index contributed by atoms with van der Waals surface area (Å²) in [6.45, 7) is 2.51. The molecule has 1 fully saturated rings. The van der Waals surface area contributed by atoms with Crippen LogP contribution < -0.4 is 9.61 Å². The van der Waals surface area contributed by atoms with Gasteiger partial charge in [-0.3, -0.25) is 9.78 Å². The van der Waals surface area contributed by atoms with Crippen molar-refractivity contribution in [1.82, 2.24) is 9.88 Å². The topological polar surface area (TPSA) is 74.8 Å². The zero-order chi connectivity index (χ0) is 24.5. The first-order valence-electron chi connectivity index (χ1n) is 10.4. The zero-order valence-electron chi connectivity index (χ0n) is 18.0. The van der Waals surface area contributed by atoms with Crippen LogP contribution >= 0.6 is 23.6 Å². The number of H-pyrrole nitrogens is 1. The molecule has 6 nitrogen and oxygen atoms in total. The van der Waals surface area contributed by atoms with E-state index in [0.29, 0.717) is 35.8 Å². The number of hydrogen-bond acceptors (Lipinski definition) is 6. The number of benzene rings is 2. The number of aromatic hydroxyl groups is 1. The molecule has 0 radical (unpaired) electrons. The van der Waals surface area contributed by atoms with Gasteiger partial charge in [-0.05, 0) is 54.5 Å². The van der Waals surface area contributed by atoms with Crippen molar-refractivity contribution in [2.75, 3.05) is 13.2 Å². The van der Waals surface area contributed by atoms with Crippen LogP contribution in [0.4, 0.5) is 13.2 Å². The molecule has 0 saturated carbocycles. The lowest BCUT2D eigenvalue weighted by molar-refractivity contribution is -0.137. The number of nitrogens with one attached hydrogen (secondary N) is 1. The molecule has 0 aliphatic carbocycles. The van der Waals surface area contributed by atoms with E-state index in [1.165, 1.54) is 6.07 Å². The van der Waals surface area contributed by atoms with Gasteiger partial charge < -0.3 is 19.5 Å². The van der Waals surface area contributed by atoms with E-state index in [9.17, 15) is 23.1 Å². The lowest BCUT2D eigenvalue weighted by atomic mass is 10.1. The van der Waals surface area contributed by atoms with E-state index in [0.717, 1.165) is 29.0 Å². The SMILES string of the molecule is CC(COc1ccc(Cc2sc(=O)[nH]c2O)cc1)N1CC(c2cccc(C(F)(F)F)c2)OC1=S. The van der Waals surface area contributed by atoms with E-state index < -0.39 is 17.8 Å². The Morgan fingerprint density at radius 2 is 2.03 bits per heavy atom. The minimum atomic E-state index is -4.42. The van der Waals surface area contributed by atoms with Crippen LogP contribution in [0.3, 0.4) is 0 Å². The number of thiocarbonyl (C=S) groups is 1. The average molecular weight is 511 g/mol. The van der Waals surface area contributed by atoms with E-state index in [-0.39, 0.29) is 22.0 Å². The molecule has 0 amide bonds. The maximum absolute atomic E-state index is 13.0. The fraction of sp³-hybridized carbons (Fsp3) is 0.304. The second-order valence-electron chi connectivity index (χ2n) is 7.92. The van der Waals surface area contributed by atoms with Crippen LogP contribution in [-0.2, 0) is 17.3 Å². The fourth-order valence-electron chi connectivity index (χ4n) is 3.60. The summed E-state index contributed by atoms with van der Waals surface area (Å²) in [6.07, 6.45) is -4.59. The van der Waals surface area contributed by atoms with Crippen LogP contribution in [0.15, 0.2) is 53.3 Å². The molecule has 0 bridgehead atoms. The first-order chi connectivity index (χ1) is 16.1. The second kappa shape index (κ2) is 9.67. The standard InChI is InChI=1S/C23H21F3N2O4S2/c1-13(12-31-17-7-5-14(6-8-17)9-19-20(29)27-21(30)34-19)28-11-18(32-22(28)33)15-3-2-4-16(10-15)23(24,25)26/h2-8,10,13,18,29H,9,11-12H2,1H3,(H,27,30). The van der Waals surface area contributed by atoms with Gasteiger partial charge in [-0.2, -0.15) is 13.2 Å². The van der Waals surface area contributed by atoms with E-state index in [1.807, 2.05) is 19.1 Å². The molecule has 1 aliphatic rings. The van der Waals surface area contributed by atoms with Gasteiger partial charge in [0.25, 0.3) is 5.17 Å². The van der Waals surface area contributed by atoms with E-state index in [4.69, 9.17) is 21.7 Å². The molecule has 1 saturated heterocycles. The molecule has 1 aliphatic heterocycles. The molecular weight excluding hydrogens is 489 g/mol. The summed E-state index contributed by atoms with van der Waals surface area (Å²) in [5.41, 5.74) is 0.601. The van der Waals surface area contributed by atoms with Crippen molar-refractivity contribution in [3.05, 3.63) is 79.8 Å². The molecular formula is C23H21F3N2O4S2. The zero-order valence-corrected chi connectivity index (χ0v) is 19.6. The van der Waals surface area contributed by atoms with Gasteiger partial charge in [-0.25, -0.2) is 0 Å². The number of thiazole rings is 1. The van der Waals surface area contributed by atoms with Gasteiger partial charge in [0, 0.05) is 6.42 Å². The number of alkyl halides is 3. The average Bonchev–Trinajstić information content (AvgIpc) is 3.33. The van der Waals surface area contributed by atoms with Crippen LogP contribution in [0, 0.1) is 0 Å². The quantitative estimate of drug-likeness (QED) is 0.442. The molecule has 2 N–H and O–H groups in total. The predicted octanol–water partition coefficient (Wildman–Crippen LogP) is 4.88. The van der Waals surface area contributed by atoms with E-state index in [1.54, 1.807) is 23.1 Å². The minimum absolute atomic E-state index is 0.114. The van der Waals surface area contributed by atoms with Crippen LogP contribution in [0.5, 0.6) is 11.6 Å². The van der Waals surface area contributed by atoms with Crippen molar-refractivity contribution in [2.45, 2.75) is 31.7 Å². The highest BCUT2D eigenvalue weighted by Crippen LogP contribution is 2.34. The largest absolute Gasteiger partial charge is 0.494 e. The van der Waals surface area contributed by atoms with Crippen LogP contribution in [0.1, 0.15) is 34.6 Å². The first-order valence-corrected chi connectivity index (χ1v) is 11.6. The summed E-state index contributed by atoms with van der Waals surface area (Å²) in [6, 6.07) is 12.2. The van der Waals surface area contributed by atoms with Gasteiger partial charge in [0.15, 0.2) is 0 Å². The summed E-state index contributed by atoms with van der Waals surface area (Å²) in [5, 5.41) is 9.93. The van der Waals surface area contributed by atoms with Crippen molar-refractivity contribution >= 4 is 28.7 Å². The van der Waals surface area contributed by atoms with Crippen molar-refractivity contribution in [1.29, 1.82) is 0 Å². The molecule has 34 heavy (non-hydrogen) atoms. The van der Waals surface area contributed by atoms with Gasteiger partial charge in [0.1, 0.15) is 18.5 Å². The van der Waals surface area contributed by atoms with Gasteiger partial charge in [-0.1, -0.05) is 35.6 Å². The number of rotatable bonds is 7. The molecule has 2 aromatic carbocycles. The van der Waals surface area contributed by atoms with E-state index in [2.05, 4.69) is 4.98 Å². The third-order valence-electron chi connectivity index (χ3n) is 5.44. The molecule has 2 unspecified atom stereocenters. The molecule has 0 spiro atoms. The minimum Gasteiger partial charge on any atom is -0.494 e. The maximum Gasteiger partial charge on any atom is 0.416 e. The summed E-state index contributed by atoms with van der Waals surface area (Å²) in [4.78, 5) is 15.7. The van der Waals surface area contributed by atoms with Crippen molar-refractivity contribution in [2.24, 2.45) is 0 Å². The van der Waals surface area contributed by atoms with Gasteiger partial charge >= 0.3 is 11.0 Å². The summed E-state index contributed by atoms with van der Waals surface area (Å²) in [5.74, 6) is 0.513. The molecule has 3 aromatic rings. The third kappa shape index (κ3) is 5.53. The molecule has 11 heteroatoms. The normalized spacial score (nSPS) is 17.0. The Hall–Kier alpha value is -3.05. The number of aromatic amines is 1. The van der Waals surface area contributed by atoms with Crippen LogP contribution in [0.25, 0.3) is 0 Å². The Morgan fingerprint density at radius 3 is 2.68 bits per heavy atom. The Balaban J connectivity index is 1.33. The Morgan fingerprint density at radius 1 is 1.29 bits per heavy atom. The van der Waals surface area contributed by atoms with Crippen molar-refractivity contribution < 1.29 is 27.8 Å². The maximum atomic E-state index is 13.0. The Kier molecular flexibility index (Phi) is 6.85. The van der Waals surface area contributed by atoms with Crippen LogP contribution in [0.2, 0.25) is 0 Å². The number of ether oxygens (including phenoxy) is 2. The smallest absolute Gasteiger partial charge is 0.416 e. The van der Waals surface area contributed by atoms with Crippen molar-refractivity contribution in [3.63, 3.8) is 0 Å². The third-order valence-corrected chi connectivity index (χ3v) is 6.64. The highest BCUT2D eigenvalue weighted by Gasteiger charge is 2.35. The molecule has 4 rings (SSSR count). The highest BCUT2D eigenvalue weighted by molar-refractivity contribution is 7.80. The Labute approximate surface area is 202 Å². The van der Waals surface area contributed by atoms with Crippen molar-refractivity contribution in [3.8, 4) is 11.6 Å². The molecule has 2 atom stereocenters. The molecule has 180 valence electrons. The molecule has 2 heterocycles. The summed E-state index contributed by atoms with van der Waals surface area (Å²) in [7, 11) is 0. The van der Waals surface area contributed by atoms with E-state index >= 15 is 0 Å².